The molecule has 26 heavy (non-hydrogen) atoms. The smallest absolute Gasteiger partial charge is 0.420 e. The Morgan fingerprint density at radius 3 is 2.46 bits per heavy atom. The number of aromatic nitrogens is 1. The molecule has 0 saturated heterocycles. The van der Waals surface area contributed by atoms with Gasteiger partial charge in [0.1, 0.15) is 12.3 Å². The van der Waals surface area contributed by atoms with Crippen LogP contribution in [0.25, 0.3) is 11.1 Å². The van der Waals surface area contributed by atoms with Gasteiger partial charge < -0.3 is 20.2 Å². The van der Waals surface area contributed by atoms with Crippen molar-refractivity contribution in [2.24, 2.45) is 0 Å². The van der Waals surface area contributed by atoms with Crippen molar-refractivity contribution >= 4 is 22.9 Å². The number of aromatic hydroxyl groups is 1. The van der Waals surface area contributed by atoms with Crippen LogP contribution in [-0.2, 0) is 11.3 Å². The molecule has 0 unspecified atom stereocenters. The Morgan fingerprint density at radius 2 is 1.69 bits per heavy atom. The molecule has 0 aliphatic heterocycles. The topological polar surface area (TPSA) is 114 Å². The average molecular weight is 355 g/mol. The number of nitrogens with one attached hydrogen (secondary N) is 2. The summed E-state index contributed by atoms with van der Waals surface area (Å²) in [5.41, 5.74) is 1.38. The van der Waals surface area contributed by atoms with Crippen LogP contribution in [0.1, 0.15) is 10.4 Å². The molecule has 0 bridgehead atoms. The fourth-order valence-electron chi connectivity index (χ4n) is 2.46. The van der Waals surface area contributed by atoms with Crippen LogP contribution >= 0.6 is 0 Å². The largest absolute Gasteiger partial charge is 0.508 e. The van der Waals surface area contributed by atoms with Crippen LogP contribution in [0, 0.1) is 0 Å². The normalized spacial score (nSPS) is 10.6. The fraction of sp³-hybridized carbons (Fsp3) is 0.167. The first kappa shape index (κ1) is 17.3. The first-order valence-corrected chi connectivity index (χ1v) is 7.97. The Kier molecular flexibility index (Phi) is 5.02. The number of nitrogens with zero attached hydrogens (tertiary/aromatic N) is 1. The number of benzene rings is 2. The van der Waals surface area contributed by atoms with Crippen LogP contribution in [0.2, 0.25) is 0 Å². The molecule has 8 nitrogen and oxygen atoms in total. The highest BCUT2D eigenvalue weighted by molar-refractivity contribution is 5.94. The number of carbonyl (C=O) groups excluding carboxylic acids is 2. The summed E-state index contributed by atoms with van der Waals surface area (Å²) < 4.78 is 6.32. The molecule has 0 radical (unpaired) electrons. The van der Waals surface area contributed by atoms with E-state index in [4.69, 9.17) is 4.42 Å². The Labute approximate surface area is 148 Å². The number of para-hydroxylation sites is 2. The molecule has 3 N–H and O–H groups in total. The predicted octanol–water partition coefficient (Wildman–Crippen LogP) is 0.846. The number of phenols is 1. The summed E-state index contributed by atoms with van der Waals surface area (Å²) in [5.74, 6) is -1.19. The van der Waals surface area contributed by atoms with Gasteiger partial charge in [-0.3, -0.25) is 14.2 Å². The zero-order chi connectivity index (χ0) is 18.5. The van der Waals surface area contributed by atoms with E-state index in [1.165, 1.54) is 28.8 Å². The summed E-state index contributed by atoms with van der Waals surface area (Å²) in [5, 5.41) is 14.5. The van der Waals surface area contributed by atoms with Crippen molar-refractivity contribution in [3.05, 3.63) is 64.6 Å². The van der Waals surface area contributed by atoms with Crippen molar-refractivity contribution < 1.29 is 19.1 Å². The van der Waals surface area contributed by atoms with Crippen LogP contribution in [-0.4, -0.2) is 34.6 Å². The quantitative estimate of drug-likeness (QED) is 0.567. The minimum absolute atomic E-state index is 0.0795. The first-order chi connectivity index (χ1) is 12.5. The van der Waals surface area contributed by atoms with Crippen LogP contribution in [0.3, 0.4) is 0 Å². The maximum atomic E-state index is 12.0. The van der Waals surface area contributed by atoms with Gasteiger partial charge in [0, 0.05) is 18.7 Å². The van der Waals surface area contributed by atoms with E-state index in [0.29, 0.717) is 16.7 Å². The number of rotatable bonds is 6. The minimum atomic E-state index is -0.595. The van der Waals surface area contributed by atoms with Crippen molar-refractivity contribution in [3.63, 3.8) is 0 Å². The molecule has 8 heteroatoms. The minimum Gasteiger partial charge on any atom is -0.508 e. The van der Waals surface area contributed by atoms with Crippen LogP contribution < -0.4 is 16.4 Å². The van der Waals surface area contributed by atoms with E-state index in [-0.39, 0.29) is 37.2 Å². The lowest BCUT2D eigenvalue weighted by Gasteiger charge is -2.07. The van der Waals surface area contributed by atoms with Gasteiger partial charge >= 0.3 is 5.76 Å². The number of oxazole rings is 1. The highest BCUT2D eigenvalue weighted by Crippen LogP contribution is 2.11. The predicted molar refractivity (Wildman–Crippen MR) is 93.9 cm³/mol. The SMILES string of the molecule is O=C(Cn1c(=O)oc2ccccc21)NCCNC(=O)c1ccc(O)cc1. The van der Waals surface area contributed by atoms with Gasteiger partial charge in [0.2, 0.25) is 5.91 Å². The van der Waals surface area contributed by atoms with Crippen molar-refractivity contribution in [1.82, 2.24) is 15.2 Å². The van der Waals surface area contributed by atoms with Crippen LogP contribution in [0.4, 0.5) is 0 Å². The Bertz CT molecular complexity index is 988. The lowest BCUT2D eigenvalue weighted by Crippen LogP contribution is -2.37. The van der Waals surface area contributed by atoms with E-state index in [1.54, 1.807) is 24.3 Å². The third-order valence-corrected chi connectivity index (χ3v) is 3.74. The number of hydrogen-bond donors (Lipinski definition) is 3. The second-order valence-corrected chi connectivity index (χ2v) is 5.57. The maximum Gasteiger partial charge on any atom is 0.420 e. The summed E-state index contributed by atoms with van der Waals surface area (Å²) in [7, 11) is 0. The summed E-state index contributed by atoms with van der Waals surface area (Å²) in [6.07, 6.45) is 0. The van der Waals surface area contributed by atoms with E-state index in [9.17, 15) is 19.5 Å². The fourth-order valence-corrected chi connectivity index (χ4v) is 2.46. The van der Waals surface area contributed by atoms with E-state index in [2.05, 4.69) is 10.6 Å². The third-order valence-electron chi connectivity index (χ3n) is 3.74. The Morgan fingerprint density at radius 1 is 1.00 bits per heavy atom. The number of fused-ring (bicyclic) bond motifs is 1. The van der Waals surface area contributed by atoms with E-state index < -0.39 is 5.76 Å². The lowest BCUT2D eigenvalue weighted by atomic mass is 10.2. The van der Waals surface area contributed by atoms with Gasteiger partial charge in [-0.2, -0.15) is 0 Å². The maximum absolute atomic E-state index is 12.0. The summed E-state index contributed by atoms with van der Waals surface area (Å²) >= 11 is 0. The molecule has 2 aromatic carbocycles. The number of carbonyl (C=O) groups is 2. The van der Waals surface area contributed by atoms with Gasteiger partial charge in [-0.1, -0.05) is 12.1 Å². The van der Waals surface area contributed by atoms with Crippen molar-refractivity contribution in [1.29, 1.82) is 0 Å². The van der Waals surface area contributed by atoms with Gasteiger partial charge in [-0.25, -0.2) is 4.79 Å². The molecule has 3 rings (SSSR count). The van der Waals surface area contributed by atoms with Crippen LogP contribution in [0.15, 0.2) is 57.7 Å². The molecule has 134 valence electrons. The zero-order valence-corrected chi connectivity index (χ0v) is 13.8. The second-order valence-electron chi connectivity index (χ2n) is 5.57. The van der Waals surface area contributed by atoms with E-state index >= 15 is 0 Å². The van der Waals surface area contributed by atoms with E-state index in [0.717, 1.165) is 0 Å². The molecule has 1 heterocycles. The molecule has 0 fully saturated rings. The Hall–Kier alpha value is -3.55. The molecule has 0 spiro atoms. The second kappa shape index (κ2) is 7.56. The van der Waals surface area contributed by atoms with Gasteiger partial charge in [-0.15, -0.1) is 0 Å². The van der Waals surface area contributed by atoms with Gasteiger partial charge in [0.15, 0.2) is 5.58 Å². The monoisotopic (exact) mass is 355 g/mol. The highest BCUT2D eigenvalue weighted by Gasteiger charge is 2.12. The summed E-state index contributed by atoms with van der Waals surface area (Å²) in [4.78, 5) is 35.7. The number of phenolic OH excluding ortho intramolecular Hbond substituents is 1. The lowest BCUT2D eigenvalue weighted by molar-refractivity contribution is -0.121. The van der Waals surface area contributed by atoms with Gasteiger partial charge in [-0.05, 0) is 36.4 Å². The highest BCUT2D eigenvalue weighted by atomic mass is 16.4. The van der Waals surface area contributed by atoms with Crippen molar-refractivity contribution in [2.45, 2.75) is 6.54 Å². The van der Waals surface area contributed by atoms with Crippen molar-refractivity contribution in [2.75, 3.05) is 13.1 Å². The van der Waals surface area contributed by atoms with Gasteiger partial charge in [0.25, 0.3) is 5.91 Å². The molecule has 0 aliphatic carbocycles. The molecule has 0 saturated carbocycles. The molecular formula is C18H17N3O5. The van der Waals surface area contributed by atoms with Gasteiger partial charge in [0.05, 0.1) is 5.52 Å². The van der Waals surface area contributed by atoms with Crippen molar-refractivity contribution in [3.8, 4) is 5.75 Å². The van der Waals surface area contributed by atoms with Crippen LogP contribution in [0.5, 0.6) is 5.75 Å². The molecule has 0 aliphatic rings. The third kappa shape index (κ3) is 3.92. The molecule has 0 atom stereocenters. The first-order valence-electron chi connectivity index (χ1n) is 7.97. The molecular weight excluding hydrogens is 338 g/mol. The van der Waals surface area contributed by atoms with E-state index in [1.807, 2.05) is 0 Å². The standard InChI is InChI=1S/C18H17N3O5/c22-13-7-5-12(6-8-13)17(24)20-10-9-19-16(23)11-21-14-3-1-2-4-15(14)26-18(21)25/h1-8,22H,9-11H2,(H,19,23)(H,20,24). The molecule has 3 aromatic rings. The number of amides is 2. The average Bonchev–Trinajstić information content (AvgIpc) is 2.95. The summed E-state index contributed by atoms with van der Waals surface area (Å²) in [6, 6.07) is 12.7. The zero-order valence-electron chi connectivity index (χ0n) is 13.8. The number of hydrogen-bond acceptors (Lipinski definition) is 5. The summed E-state index contributed by atoms with van der Waals surface area (Å²) in [6.45, 7) is 0.279. The molecule has 1 aromatic heterocycles. The molecule has 2 amide bonds. The Balaban J connectivity index is 1.48.